The zero-order valence-corrected chi connectivity index (χ0v) is 12.5. The van der Waals surface area contributed by atoms with Gasteiger partial charge in [0.2, 0.25) is 0 Å². The molecule has 0 amide bonds. The molecule has 1 heterocycles. The highest BCUT2D eigenvalue weighted by Crippen LogP contribution is 2.21. The van der Waals surface area contributed by atoms with Crippen molar-refractivity contribution in [3.05, 3.63) is 58.3 Å². The predicted molar refractivity (Wildman–Crippen MR) is 84.5 cm³/mol. The van der Waals surface area contributed by atoms with E-state index in [0.29, 0.717) is 11.4 Å². The molecule has 21 heavy (non-hydrogen) atoms. The molecular formula is C15H12BrN3O2. The van der Waals surface area contributed by atoms with Gasteiger partial charge in [-0.15, -0.1) is 0 Å². The third-order valence-electron chi connectivity index (χ3n) is 3.05. The van der Waals surface area contributed by atoms with Gasteiger partial charge in [-0.25, -0.2) is 9.66 Å². The second-order valence-corrected chi connectivity index (χ2v) is 5.35. The van der Waals surface area contributed by atoms with E-state index in [9.17, 15) is 10.2 Å². The minimum atomic E-state index is -0.212. The highest BCUT2D eigenvalue weighted by molar-refractivity contribution is 9.10. The average molecular weight is 346 g/mol. The van der Waals surface area contributed by atoms with E-state index in [-0.39, 0.29) is 12.4 Å². The molecule has 5 nitrogen and oxygen atoms in total. The van der Waals surface area contributed by atoms with Crippen molar-refractivity contribution in [2.45, 2.75) is 6.61 Å². The number of rotatable bonds is 3. The van der Waals surface area contributed by atoms with E-state index in [4.69, 9.17) is 0 Å². The Kier molecular flexibility index (Phi) is 3.72. The molecule has 0 spiro atoms. The van der Waals surface area contributed by atoms with E-state index in [1.807, 2.05) is 24.3 Å². The van der Waals surface area contributed by atoms with Crippen LogP contribution < -0.4 is 0 Å². The van der Waals surface area contributed by atoms with Gasteiger partial charge in [-0.2, -0.15) is 5.10 Å². The van der Waals surface area contributed by atoms with Crippen LogP contribution in [-0.4, -0.2) is 26.1 Å². The molecule has 0 atom stereocenters. The molecule has 3 rings (SSSR count). The molecule has 0 bridgehead atoms. The number of benzene rings is 2. The van der Waals surface area contributed by atoms with E-state index >= 15 is 0 Å². The lowest BCUT2D eigenvalue weighted by Gasteiger charge is -2.02. The number of para-hydroxylation sites is 2. The smallest absolute Gasteiger partial charge is 0.156 e. The third kappa shape index (κ3) is 2.68. The monoisotopic (exact) mass is 345 g/mol. The molecule has 6 heteroatoms. The summed E-state index contributed by atoms with van der Waals surface area (Å²) in [6.45, 7) is -0.212. The maximum absolute atomic E-state index is 9.82. The van der Waals surface area contributed by atoms with Crippen molar-refractivity contribution in [2.24, 2.45) is 5.10 Å². The topological polar surface area (TPSA) is 70.6 Å². The van der Waals surface area contributed by atoms with Crippen LogP contribution in [0.4, 0.5) is 0 Å². The fraction of sp³-hybridized carbons (Fsp3) is 0.0667. The highest BCUT2D eigenvalue weighted by atomic mass is 79.9. The number of hydrogen-bond donors (Lipinski definition) is 2. The second kappa shape index (κ2) is 5.67. The first-order chi connectivity index (χ1) is 10.2. The van der Waals surface area contributed by atoms with Gasteiger partial charge in [0.1, 0.15) is 12.4 Å². The second-order valence-electron chi connectivity index (χ2n) is 4.43. The standard InChI is InChI=1S/C15H12BrN3O2/c16-11-5-6-14(21)10(7-11)8-17-19-13-4-2-1-3-12(13)18-15(19)9-20/h1-8,20-21H,9H2/b17-8+. The van der Waals surface area contributed by atoms with E-state index in [1.165, 1.54) is 6.21 Å². The molecule has 3 aromatic rings. The Bertz CT molecular complexity index is 827. The Hall–Kier alpha value is -2.18. The maximum Gasteiger partial charge on any atom is 0.156 e. The Morgan fingerprint density at radius 2 is 2.05 bits per heavy atom. The number of imidazole rings is 1. The Morgan fingerprint density at radius 3 is 2.86 bits per heavy atom. The van der Waals surface area contributed by atoms with E-state index in [2.05, 4.69) is 26.0 Å². The van der Waals surface area contributed by atoms with Crippen molar-refractivity contribution in [3.8, 4) is 5.75 Å². The highest BCUT2D eigenvalue weighted by Gasteiger charge is 2.08. The van der Waals surface area contributed by atoms with Crippen LogP contribution >= 0.6 is 15.9 Å². The first kappa shape index (κ1) is 13.8. The zero-order chi connectivity index (χ0) is 14.8. The molecule has 2 N–H and O–H groups in total. The number of aromatic nitrogens is 2. The van der Waals surface area contributed by atoms with Crippen molar-refractivity contribution in [2.75, 3.05) is 0 Å². The molecule has 0 saturated heterocycles. The van der Waals surface area contributed by atoms with Gasteiger partial charge in [-0.05, 0) is 30.3 Å². The minimum Gasteiger partial charge on any atom is -0.507 e. The number of fused-ring (bicyclic) bond motifs is 1. The SMILES string of the molecule is OCc1nc2ccccc2n1/N=C/c1cc(Br)ccc1O. The normalized spacial score (nSPS) is 11.5. The molecule has 0 aliphatic heterocycles. The quantitative estimate of drug-likeness (QED) is 0.717. The molecule has 0 radical (unpaired) electrons. The van der Waals surface area contributed by atoms with Crippen LogP contribution in [0, 0.1) is 0 Å². The van der Waals surface area contributed by atoms with Gasteiger partial charge in [-0.1, -0.05) is 28.1 Å². The van der Waals surface area contributed by atoms with Gasteiger partial charge in [0.15, 0.2) is 5.82 Å². The molecule has 2 aromatic carbocycles. The fourth-order valence-corrected chi connectivity index (χ4v) is 2.42. The number of phenolic OH excluding ortho intramolecular Hbond substituents is 1. The summed E-state index contributed by atoms with van der Waals surface area (Å²) in [4.78, 5) is 4.31. The summed E-state index contributed by atoms with van der Waals surface area (Å²) in [6, 6.07) is 12.6. The molecule has 0 saturated carbocycles. The lowest BCUT2D eigenvalue weighted by atomic mass is 10.2. The van der Waals surface area contributed by atoms with Crippen molar-refractivity contribution in [1.82, 2.24) is 9.66 Å². The summed E-state index contributed by atoms with van der Waals surface area (Å²) in [5.41, 5.74) is 2.13. The predicted octanol–water partition coefficient (Wildman–Crippen LogP) is 2.88. The molecular weight excluding hydrogens is 334 g/mol. The average Bonchev–Trinajstić information content (AvgIpc) is 2.86. The summed E-state index contributed by atoms with van der Waals surface area (Å²) in [5, 5.41) is 23.5. The summed E-state index contributed by atoms with van der Waals surface area (Å²) in [6.07, 6.45) is 1.54. The molecule has 0 aliphatic carbocycles. The van der Waals surface area contributed by atoms with Crippen molar-refractivity contribution in [1.29, 1.82) is 0 Å². The number of aromatic hydroxyl groups is 1. The summed E-state index contributed by atoms with van der Waals surface area (Å²) in [7, 11) is 0. The van der Waals surface area contributed by atoms with Gasteiger partial charge < -0.3 is 10.2 Å². The van der Waals surface area contributed by atoms with Crippen LogP contribution in [0.1, 0.15) is 11.4 Å². The fourth-order valence-electron chi connectivity index (χ4n) is 2.04. The zero-order valence-electron chi connectivity index (χ0n) is 10.9. The minimum absolute atomic E-state index is 0.136. The van der Waals surface area contributed by atoms with Crippen LogP contribution in [0.5, 0.6) is 5.75 Å². The Balaban J connectivity index is 2.08. The van der Waals surface area contributed by atoms with Crippen molar-refractivity contribution < 1.29 is 10.2 Å². The van der Waals surface area contributed by atoms with E-state index < -0.39 is 0 Å². The molecule has 0 fully saturated rings. The lowest BCUT2D eigenvalue weighted by molar-refractivity contribution is 0.267. The van der Waals surface area contributed by atoms with Gasteiger partial charge >= 0.3 is 0 Å². The number of phenols is 1. The Morgan fingerprint density at radius 1 is 1.24 bits per heavy atom. The van der Waals surface area contributed by atoms with Gasteiger partial charge in [-0.3, -0.25) is 0 Å². The third-order valence-corrected chi connectivity index (χ3v) is 3.54. The van der Waals surface area contributed by atoms with Crippen molar-refractivity contribution in [3.63, 3.8) is 0 Å². The molecule has 0 aliphatic rings. The molecule has 106 valence electrons. The van der Waals surface area contributed by atoms with Crippen LogP contribution in [0.2, 0.25) is 0 Å². The van der Waals surface area contributed by atoms with E-state index in [1.54, 1.807) is 22.9 Å². The lowest BCUT2D eigenvalue weighted by Crippen LogP contribution is -1.98. The van der Waals surface area contributed by atoms with Crippen LogP contribution in [0.25, 0.3) is 11.0 Å². The number of aliphatic hydroxyl groups excluding tert-OH is 1. The molecule has 1 aromatic heterocycles. The first-order valence-corrected chi connectivity index (χ1v) is 7.08. The number of aliphatic hydroxyl groups is 1. The summed E-state index contributed by atoms with van der Waals surface area (Å²) in [5.74, 6) is 0.582. The van der Waals surface area contributed by atoms with Gasteiger partial charge in [0.25, 0.3) is 0 Å². The summed E-state index contributed by atoms with van der Waals surface area (Å²) < 4.78 is 2.41. The number of nitrogens with zero attached hydrogens (tertiary/aromatic N) is 3. The van der Waals surface area contributed by atoms with Crippen LogP contribution in [0.3, 0.4) is 0 Å². The molecule has 0 unspecified atom stereocenters. The van der Waals surface area contributed by atoms with Crippen molar-refractivity contribution >= 4 is 33.2 Å². The number of hydrogen-bond acceptors (Lipinski definition) is 4. The Labute approximate surface area is 129 Å². The van der Waals surface area contributed by atoms with Crippen LogP contribution in [-0.2, 0) is 6.61 Å². The largest absolute Gasteiger partial charge is 0.507 e. The maximum atomic E-state index is 9.82. The van der Waals surface area contributed by atoms with Crippen LogP contribution in [0.15, 0.2) is 52.0 Å². The van der Waals surface area contributed by atoms with E-state index in [0.717, 1.165) is 15.5 Å². The van der Waals surface area contributed by atoms with Gasteiger partial charge in [0, 0.05) is 10.0 Å². The van der Waals surface area contributed by atoms with Gasteiger partial charge in [0.05, 0.1) is 17.2 Å². The number of halogens is 1. The first-order valence-electron chi connectivity index (χ1n) is 6.29. The summed E-state index contributed by atoms with van der Waals surface area (Å²) >= 11 is 3.35.